The number of phenols is 1. The molecule has 0 atom stereocenters. The van der Waals surface area contributed by atoms with Crippen molar-refractivity contribution in [3.8, 4) is 5.75 Å². The van der Waals surface area contributed by atoms with Crippen molar-refractivity contribution in [1.82, 2.24) is 4.68 Å². The Morgan fingerprint density at radius 1 is 1.32 bits per heavy atom. The summed E-state index contributed by atoms with van der Waals surface area (Å²) in [6, 6.07) is 4.76. The Bertz CT molecular complexity index is 861. The Hall–Kier alpha value is -2.41. The number of carboxylic acid groups (broad SMARTS) is 1. The summed E-state index contributed by atoms with van der Waals surface area (Å²) in [5.41, 5.74) is 1.45. The van der Waals surface area contributed by atoms with Gasteiger partial charge < -0.3 is 10.2 Å². The Morgan fingerprint density at radius 3 is 2.80 bits per heavy atom. The molecule has 0 bridgehead atoms. The van der Waals surface area contributed by atoms with Gasteiger partial charge in [-0.15, -0.1) is 11.3 Å². The van der Waals surface area contributed by atoms with Crippen LogP contribution in [-0.4, -0.2) is 33.1 Å². The van der Waals surface area contributed by atoms with Crippen LogP contribution < -0.4 is 4.80 Å². The molecule has 1 aromatic carbocycles. The van der Waals surface area contributed by atoms with Crippen LogP contribution >= 0.6 is 11.3 Å². The number of nitrogens with zero attached hydrogens (tertiary/aromatic N) is 3. The highest BCUT2D eigenvalue weighted by Crippen LogP contribution is 2.20. The number of hydrogen-bond donors (Lipinski definition) is 2. The van der Waals surface area contributed by atoms with Gasteiger partial charge in [0, 0.05) is 5.38 Å². The minimum atomic E-state index is -1.17. The van der Waals surface area contributed by atoms with E-state index in [1.54, 1.807) is 28.3 Å². The minimum Gasteiger partial charge on any atom is -0.507 e. The third kappa shape index (κ3) is 4.17. The predicted molar refractivity (Wildman–Crippen MR) is 97.5 cm³/mol. The first-order valence-corrected chi connectivity index (χ1v) is 9.24. The lowest BCUT2D eigenvalue weighted by atomic mass is 9.96. The molecule has 1 aliphatic carbocycles. The molecule has 1 saturated carbocycles. The number of benzene rings is 1. The zero-order valence-electron chi connectivity index (χ0n) is 14.1. The average Bonchev–Trinajstić information content (AvgIpc) is 2.94. The maximum absolute atomic E-state index is 11.1. The van der Waals surface area contributed by atoms with Gasteiger partial charge in [0.25, 0.3) is 0 Å². The van der Waals surface area contributed by atoms with Gasteiger partial charge in [0.05, 0.1) is 18.0 Å². The van der Waals surface area contributed by atoms with E-state index in [9.17, 15) is 9.90 Å². The molecule has 0 radical (unpaired) electrons. The molecule has 1 fully saturated rings. The second-order valence-corrected chi connectivity index (χ2v) is 7.06. The molecular weight excluding hydrogens is 338 g/mol. The first-order valence-electron chi connectivity index (χ1n) is 8.36. The summed E-state index contributed by atoms with van der Waals surface area (Å²) in [6.07, 6.45) is 7.59. The van der Waals surface area contributed by atoms with Gasteiger partial charge in [-0.05, 0) is 43.5 Å². The van der Waals surface area contributed by atoms with Gasteiger partial charge in [0.15, 0.2) is 0 Å². The fourth-order valence-electron chi connectivity index (χ4n) is 2.91. The maximum Gasteiger partial charge on any atom is 0.339 e. The number of thiazole rings is 1. The molecule has 2 N–H and O–H groups in total. The van der Waals surface area contributed by atoms with Gasteiger partial charge in [-0.2, -0.15) is 5.10 Å². The van der Waals surface area contributed by atoms with E-state index in [1.165, 1.54) is 31.4 Å². The van der Waals surface area contributed by atoms with Crippen LogP contribution in [-0.2, 0) is 0 Å². The van der Waals surface area contributed by atoms with Crippen molar-refractivity contribution in [2.45, 2.75) is 45.1 Å². The van der Waals surface area contributed by atoms with Gasteiger partial charge in [-0.1, -0.05) is 19.3 Å². The normalized spacial score (nSPS) is 16.6. The smallest absolute Gasteiger partial charge is 0.339 e. The lowest BCUT2D eigenvalue weighted by Gasteiger charge is -2.16. The second-order valence-electron chi connectivity index (χ2n) is 6.22. The fraction of sp³-hybridized carbons (Fsp3) is 0.389. The van der Waals surface area contributed by atoms with Crippen molar-refractivity contribution in [2.75, 3.05) is 0 Å². The van der Waals surface area contributed by atoms with Crippen molar-refractivity contribution >= 4 is 23.5 Å². The summed E-state index contributed by atoms with van der Waals surface area (Å²) in [7, 11) is 0. The lowest BCUT2D eigenvalue weighted by Crippen LogP contribution is -2.19. The van der Waals surface area contributed by atoms with Crippen molar-refractivity contribution in [1.29, 1.82) is 0 Å². The quantitative estimate of drug-likeness (QED) is 0.821. The van der Waals surface area contributed by atoms with Crippen LogP contribution in [0.4, 0.5) is 0 Å². The van der Waals surface area contributed by atoms with E-state index in [-0.39, 0.29) is 11.3 Å². The van der Waals surface area contributed by atoms with Crippen LogP contribution in [0.3, 0.4) is 0 Å². The molecule has 0 unspecified atom stereocenters. The van der Waals surface area contributed by atoms with Crippen LogP contribution in [0.25, 0.3) is 0 Å². The second kappa shape index (κ2) is 7.65. The summed E-state index contributed by atoms with van der Waals surface area (Å²) in [4.78, 5) is 16.8. The summed E-state index contributed by atoms with van der Waals surface area (Å²) in [5, 5.41) is 25.2. The van der Waals surface area contributed by atoms with Crippen LogP contribution in [0, 0.1) is 6.92 Å². The number of carboxylic acids is 1. The van der Waals surface area contributed by atoms with Gasteiger partial charge in [-0.25, -0.2) is 9.47 Å². The molecule has 25 heavy (non-hydrogen) atoms. The molecule has 0 saturated heterocycles. The topological polar surface area (TPSA) is 87.2 Å². The van der Waals surface area contributed by atoms with Gasteiger partial charge in [-0.3, -0.25) is 4.99 Å². The van der Waals surface area contributed by atoms with E-state index < -0.39 is 5.97 Å². The molecule has 1 aromatic heterocycles. The summed E-state index contributed by atoms with van der Waals surface area (Å²) >= 11 is 1.56. The third-order valence-corrected chi connectivity index (χ3v) is 5.24. The molecule has 132 valence electrons. The molecule has 1 heterocycles. The minimum absolute atomic E-state index is 0.136. The van der Waals surface area contributed by atoms with Crippen molar-refractivity contribution in [3.05, 3.63) is 45.2 Å². The number of rotatable bonds is 4. The molecule has 0 amide bonds. The van der Waals surface area contributed by atoms with Crippen molar-refractivity contribution in [3.63, 3.8) is 0 Å². The number of carbonyl (C=O) groups is 1. The largest absolute Gasteiger partial charge is 0.507 e. The Kier molecular flexibility index (Phi) is 5.33. The molecule has 7 heteroatoms. The summed E-state index contributed by atoms with van der Waals surface area (Å²) in [6.45, 7) is 1.97. The zero-order chi connectivity index (χ0) is 17.8. The molecule has 2 aromatic rings. The number of aromatic carboxylic acids is 1. The molecule has 0 aliphatic heterocycles. The number of aromatic nitrogens is 1. The molecule has 0 spiro atoms. The Labute approximate surface area is 149 Å². The molecule has 1 aliphatic rings. The first-order chi connectivity index (χ1) is 12.0. The highest BCUT2D eigenvalue weighted by molar-refractivity contribution is 7.07. The van der Waals surface area contributed by atoms with Crippen molar-refractivity contribution < 1.29 is 15.0 Å². The van der Waals surface area contributed by atoms with Crippen LogP contribution in [0.1, 0.15) is 53.7 Å². The van der Waals surface area contributed by atoms with E-state index in [0.717, 1.165) is 23.3 Å². The number of hydrogen-bond acceptors (Lipinski definition) is 5. The SMILES string of the molecule is Cc1cs/c(=N\C2CCCCC2)n1/N=C/c1ccc(O)c(C(=O)O)c1. The standard InChI is InChI=1S/C18H21N3O3S/c1-12-11-25-18(20-14-5-3-2-4-6-14)21(12)19-10-13-7-8-16(22)15(9-13)17(23)24/h7-11,14,22H,2-6H2,1H3,(H,23,24)/b19-10+,20-18-. The Balaban J connectivity index is 1.89. The van der Waals surface area contributed by atoms with Crippen LogP contribution in [0.5, 0.6) is 5.75 Å². The monoisotopic (exact) mass is 359 g/mol. The summed E-state index contributed by atoms with van der Waals surface area (Å²) in [5.74, 6) is -1.42. The van der Waals surface area contributed by atoms with E-state index >= 15 is 0 Å². The molecular formula is C18H21N3O3S. The van der Waals surface area contributed by atoms with E-state index in [4.69, 9.17) is 10.1 Å². The van der Waals surface area contributed by atoms with Gasteiger partial charge >= 0.3 is 5.97 Å². The van der Waals surface area contributed by atoms with Crippen molar-refractivity contribution in [2.24, 2.45) is 10.1 Å². The molecule has 3 rings (SSSR count). The number of aryl methyl sites for hydroxylation is 1. The van der Waals surface area contributed by atoms with E-state index in [1.807, 2.05) is 12.3 Å². The first kappa shape index (κ1) is 17.4. The van der Waals surface area contributed by atoms with Crippen LogP contribution in [0.15, 0.2) is 33.7 Å². The summed E-state index contributed by atoms with van der Waals surface area (Å²) < 4.78 is 1.78. The molecule has 6 nitrogen and oxygen atoms in total. The van der Waals surface area contributed by atoms with Gasteiger partial charge in [0.1, 0.15) is 11.3 Å². The zero-order valence-corrected chi connectivity index (χ0v) is 14.9. The lowest BCUT2D eigenvalue weighted by molar-refractivity contribution is 0.0693. The highest BCUT2D eigenvalue weighted by Gasteiger charge is 2.13. The highest BCUT2D eigenvalue weighted by atomic mass is 32.1. The number of aromatic hydroxyl groups is 1. The average molecular weight is 359 g/mol. The third-order valence-electron chi connectivity index (χ3n) is 4.29. The van der Waals surface area contributed by atoms with E-state index in [2.05, 4.69) is 5.10 Å². The maximum atomic E-state index is 11.1. The Morgan fingerprint density at radius 2 is 2.08 bits per heavy atom. The predicted octanol–water partition coefficient (Wildman–Crippen LogP) is 3.38. The van der Waals surface area contributed by atoms with Gasteiger partial charge in [0.2, 0.25) is 4.80 Å². The fourth-order valence-corrected chi connectivity index (χ4v) is 3.79. The van der Waals surface area contributed by atoms with E-state index in [0.29, 0.717) is 11.6 Å². The van der Waals surface area contributed by atoms with Crippen LogP contribution in [0.2, 0.25) is 0 Å².